The topological polar surface area (TPSA) is 181 Å². The van der Waals surface area contributed by atoms with Gasteiger partial charge in [-0.05, 0) is 131 Å². The molecule has 2 aromatic carbocycles. The average Bonchev–Trinajstić information content (AvgIpc) is 3.87. The van der Waals surface area contributed by atoms with Crippen molar-refractivity contribution in [3.05, 3.63) is 71.3 Å². The van der Waals surface area contributed by atoms with Crippen LogP contribution in [0.25, 0.3) is 0 Å². The van der Waals surface area contributed by atoms with Crippen LogP contribution in [0, 0.1) is 34.5 Å². The van der Waals surface area contributed by atoms with E-state index in [1.54, 1.807) is 51.1 Å². The normalized spacial score (nSPS) is 26.0. The van der Waals surface area contributed by atoms with E-state index in [2.05, 4.69) is 18.7 Å². The van der Waals surface area contributed by atoms with Crippen molar-refractivity contribution in [3.63, 3.8) is 0 Å². The molecule has 8 atom stereocenters. The predicted octanol–water partition coefficient (Wildman–Crippen LogP) is 10.0. The zero-order valence-corrected chi connectivity index (χ0v) is 41.8. The minimum Gasteiger partial charge on any atom is -0.487 e. The van der Waals surface area contributed by atoms with Crippen molar-refractivity contribution >= 4 is 19.6 Å². The predicted molar refractivity (Wildman–Crippen MR) is 249 cm³/mol. The Morgan fingerprint density at radius 1 is 0.788 bits per heavy atom. The summed E-state index contributed by atoms with van der Waals surface area (Å²) >= 11 is 0. The number of benzene rings is 2. The Morgan fingerprint density at radius 2 is 1.27 bits per heavy atom. The number of phosphoric acid groups is 1. The van der Waals surface area contributed by atoms with E-state index >= 15 is 0 Å². The van der Waals surface area contributed by atoms with Gasteiger partial charge >= 0.3 is 7.82 Å². The quantitative estimate of drug-likeness (QED) is 0.104. The summed E-state index contributed by atoms with van der Waals surface area (Å²) in [5.41, 5.74) is -3.36. The molecule has 8 unspecified atom stereocenters. The fraction of sp³-hybridized carbons (Fsp3) is 0.647. The highest BCUT2D eigenvalue weighted by Gasteiger charge is 2.58. The van der Waals surface area contributed by atoms with Gasteiger partial charge in [0.15, 0.2) is 0 Å². The maximum Gasteiger partial charge on any atom is 0.473 e. The monoisotopic (exact) mass is 930 g/mol. The van der Waals surface area contributed by atoms with Gasteiger partial charge in [-0.2, -0.15) is 10.5 Å². The lowest BCUT2D eigenvalue weighted by molar-refractivity contribution is -0.173. The summed E-state index contributed by atoms with van der Waals surface area (Å²) in [6.07, 6.45) is 5.46. The number of fused-ring (bicyclic) bond motifs is 2. The molecule has 15 heteroatoms. The van der Waals surface area contributed by atoms with Crippen molar-refractivity contribution in [1.82, 2.24) is 9.80 Å². The van der Waals surface area contributed by atoms with E-state index < -0.39 is 59.4 Å². The van der Waals surface area contributed by atoms with Crippen LogP contribution < -0.4 is 9.47 Å². The van der Waals surface area contributed by atoms with Crippen LogP contribution in [0.1, 0.15) is 162 Å². The minimum absolute atomic E-state index is 0.0226. The van der Waals surface area contributed by atoms with E-state index in [1.165, 1.54) is 0 Å². The van der Waals surface area contributed by atoms with Crippen molar-refractivity contribution in [2.75, 3.05) is 26.3 Å². The maximum atomic E-state index is 13.9. The number of hydrogen-bond donors (Lipinski definition) is 1. The standard InChI is InChI=1S/C51H71N4O10P/c1-13-49(10,25-29-61-51(12,15-3)45-43(55-27-17-19-41(55)57)37-31-35(33-53)21-23-39(37)63-48(45,8)9)65-66(58,59)64-46(4,5)24-28-60-50(11,14-2)44-42(54-26-16-18-40(54)56)36-30-34(32-52)20-22-38(36)62-47(44,6)7/h14,20-23,30-31,42-45H,2,13,15-19,24-29H2,1,3-12H3,(H,58,59). The molecule has 6 rings (SSSR count). The van der Waals surface area contributed by atoms with E-state index in [9.17, 15) is 29.6 Å². The van der Waals surface area contributed by atoms with Gasteiger partial charge in [0.2, 0.25) is 11.8 Å². The summed E-state index contributed by atoms with van der Waals surface area (Å²) < 4.78 is 52.7. The summed E-state index contributed by atoms with van der Waals surface area (Å²) in [5.74, 6) is 0.526. The minimum atomic E-state index is -4.69. The number of amides is 2. The van der Waals surface area contributed by atoms with Gasteiger partial charge in [-0.1, -0.05) is 19.9 Å². The molecular weight excluding hydrogens is 860 g/mol. The molecule has 0 spiro atoms. The second-order valence-electron chi connectivity index (χ2n) is 20.8. The number of ether oxygens (including phenoxy) is 4. The Bertz CT molecular complexity index is 2300. The molecule has 360 valence electrons. The Kier molecular flexibility index (Phi) is 14.7. The summed E-state index contributed by atoms with van der Waals surface area (Å²) in [4.78, 5) is 41.9. The summed E-state index contributed by atoms with van der Waals surface area (Å²) in [6, 6.07) is 14.2. The fourth-order valence-electron chi connectivity index (χ4n) is 11.0. The molecule has 0 aromatic heterocycles. The first-order valence-electron chi connectivity index (χ1n) is 23.5. The van der Waals surface area contributed by atoms with Gasteiger partial charge < -0.3 is 33.6 Å². The maximum absolute atomic E-state index is 13.9. The highest BCUT2D eigenvalue weighted by Crippen LogP contribution is 2.57. The van der Waals surface area contributed by atoms with Crippen molar-refractivity contribution in [2.45, 2.75) is 173 Å². The lowest BCUT2D eigenvalue weighted by atomic mass is 9.67. The third-order valence-electron chi connectivity index (χ3n) is 14.7. The van der Waals surface area contributed by atoms with Crippen LogP contribution in [0.5, 0.6) is 11.5 Å². The number of likely N-dealkylation sites (tertiary alicyclic amines) is 2. The van der Waals surface area contributed by atoms with E-state index in [-0.39, 0.29) is 43.8 Å². The molecule has 0 saturated carbocycles. The number of nitrogens with zero attached hydrogens (tertiary/aromatic N) is 4. The van der Waals surface area contributed by atoms with E-state index in [1.807, 2.05) is 77.3 Å². The Balaban J connectivity index is 1.14. The molecule has 0 bridgehead atoms. The van der Waals surface area contributed by atoms with Crippen LogP contribution >= 0.6 is 7.82 Å². The van der Waals surface area contributed by atoms with Crippen molar-refractivity contribution in [3.8, 4) is 23.6 Å². The highest BCUT2D eigenvalue weighted by molar-refractivity contribution is 7.47. The molecule has 2 aromatic rings. The second kappa shape index (κ2) is 19.0. The smallest absolute Gasteiger partial charge is 0.473 e. The molecule has 4 heterocycles. The van der Waals surface area contributed by atoms with Crippen LogP contribution in [-0.2, 0) is 32.7 Å². The average molecular weight is 931 g/mol. The largest absolute Gasteiger partial charge is 0.487 e. The van der Waals surface area contributed by atoms with Crippen LogP contribution in [0.2, 0.25) is 0 Å². The number of carbonyl (C=O) groups is 2. The Hall–Kier alpha value is -4.27. The molecule has 2 amide bonds. The third-order valence-corrected chi connectivity index (χ3v) is 16.1. The SMILES string of the molecule is C=CC(C)(OCCC(C)(C)OP(=O)(O)OC(C)(CC)CCOC(C)(CC)C1C(N2CCCC2=O)c2cc(C#N)ccc2OC1(C)C)C1C(N2CCCC2=O)c2cc(C#N)ccc2OC1(C)C. The lowest BCUT2D eigenvalue weighted by Crippen LogP contribution is -2.59. The molecule has 2 fully saturated rings. The molecule has 1 N–H and O–H groups in total. The van der Waals surface area contributed by atoms with Crippen molar-refractivity contribution in [2.24, 2.45) is 11.8 Å². The van der Waals surface area contributed by atoms with Gasteiger partial charge in [0, 0.05) is 43.5 Å². The van der Waals surface area contributed by atoms with Gasteiger partial charge in [-0.25, -0.2) is 4.57 Å². The third kappa shape index (κ3) is 10.4. The first-order chi connectivity index (χ1) is 30.8. The Labute approximate surface area is 392 Å². The van der Waals surface area contributed by atoms with Gasteiger partial charge in [0.1, 0.15) is 22.7 Å². The first-order valence-corrected chi connectivity index (χ1v) is 25.0. The number of phosphoric ester groups is 1. The summed E-state index contributed by atoms with van der Waals surface area (Å²) in [6.45, 7) is 26.6. The molecule has 14 nitrogen and oxygen atoms in total. The van der Waals surface area contributed by atoms with E-state index in [0.717, 1.165) is 24.0 Å². The fourth-order valence-corrected chi connectivity index (χ4v) is 12.6. The first kappa shape index (κ1) is 51.1. The molecule has 66 heavy (non-hydrogen) atoms. The zero-order valence-electron chi connectivity index (χ0n) is 40.9. The van der Waals surface area contributed by atoms with Crippen molar-refractivity contribution in [1.29, 1.82) is 10.5 Å². The lowest BCUT2D eigenvalue weighted by Gasteiger charge is -2.54. The molecule has 2 saturated heterocycles. The van der Waals surface area contributed by atoms with Crippen molar-refractivity contribution < 1.29 is 47.0 Å². The Morgan fingerprint density at radius 3 is 1.71 bits per heavy atom. The molecule has 0 radical (unpaired) electrons. The summed E-state index contributed by atoms with van der Waals surface area (Å²) in [5, 5.41) is 19.6. The number of hydrogen-bond acceptors (Lipinski definition) is 11. The highest BCUT2D eigenvalue weighted by atomic mass is 31.2. The molecule has 0 aliphatic carbocycles. The number of carbonyl (C=O) groups excluding carboxylic acids is 2. The van der Waals surface area contributed by atoms with Crippen LogP contribution in [0.4, 0.5) is 0 Å². The van der Waals surface area contributed by atoms with Crippen LogP contribution in [0.15, 0.2) is 49.1 Å². The second-order valence-corrected chi connectivity index (χ2v) is 22.1. The number of rotatable bonds is 19. The molecule has 4 aliphatic rings. The number of nitriles is 2. The van der Waals surface area contributed by atoms with Crippen LogP contribution in [0.3, 0.4) is 0 Å². The molecular formula is C51H71N4O10P. The van der Waals surface area contributed by atoms with E-state index in [4.69, 9.17) is 28.0 Å². The van der Waals surface area contributed by atoms with E-state index in [0.29, 0.717) is 61.4 Å². The van der Waals surface area contributed by atoms with Gasteiger partial charge in [-0.3, -0.25) is 18.6 Å². The summed E-state index contributed by atoms with van der Waals surface area (Å²) in [7, 11) is -4.69. The zero-order chi connectivity index (χ0) is 48.7. The van der Waals surface area contributed by atoms with Crippen LogP contribution in [-0.4, -0.2) is 86.4 Å². The van der Waals surface area contributed by atoms with Gasteiger partial charge in [0.25, 0.3) is 0 Å². The van der Waals surface area contributed by atoms with Gasteiger partial charge in [0.05, 0.1) is 82.8 Å². The molecule has 4 aliphatic heterocycles. The van der Waals surface area contributed by atoms with Gasteiger partial charge in [-0.15, -0.1) is 6.58 Å².